The molecular formula is C67H75N5O9. The third-order valence-electron chi connectivity index (χ3n) is 19.0. The monoisotopic (exact) mass is 1090 g/mol. The number of carbonyl (C=O) groups excluding carboxylic acids is 3. The summed E-state index contributed by atoms with van der Waals surface area (Å²) < 4.78 is 17.2. The van der Waals surface area contributed by atoms with Crippen LogP contribution in [0.25, 0.3) is 0 Å². The normalized spacial score (nSPS) is 24.4. The number of amides is 3. The van der Waals surface area contributed by atoms with Crippen molar-refractivity contribution in [2.24, 2.45) is 0 Å². The average Bonchev–Trinajstić information content (AvgIpc) is 4.23. The highest BCUT2D eigenvalue weighted by Crippen LogP contribution is 2.44. The van der Waals surface area contributed by atoms with Crippen LogP contribution in [0.3, 0.4) is 0 Å². The van der Waals surface area contributed by atoms with Crippen LogP contribution >= 0.6 is 0 Å². The maximum absolute atomic E-state index is 14.6. The van der Waals surface area contributed by atoms with Crippen molar-refractivity contribution in [3.05, 3.63) is 180 Å². The van der Waals surface area contributed by atoms with Crippen LogP contribution in [0, 0.1) is 20.8 Å². The van der Waals surface area contributed by atoms with Crippen molar-refractivity contribution in [2.75, 3.05) is 21.3 Å². The predicted molar refractivity (Wildman–Crippen MR) is 307 cm³/mol. The molecule has 12 rings (SSSR count). The zero-order valence-electron chi connectivity index (χ0n) is 47.5. The molecule has 0 spiro atoms. The van der Waals surface area contributed by atoms with E-state index in [2.05, 4.69) is 49.4 Å². The van der Waals surface area contributed by atoms with Crippen LogP contribution in [0.4, 0.5) is 0 Å². The van der Waals surface area contributed by atoms with E-state index in [0.717, 1.165) is 122 Å². The second kappa shape index (κ2) is 22.3. The molecule has 81 heavy (non-hydrogen) atoms. The number of fused-ring (bicyclic) bond motifs is 3. The van der Waals surface area contributed by atoms with E-state index in [9.17, 15) is 29.7 Å². The van der Waals surface area contributed by atoms with Gasteiger partial charge >= 0.3 is 0 Å². The van der Waals surface area contributed by atoms with Gasteiger partial charge in [0.05, 0.1) is 93.4 Å². The number of rotatable bonds is 14. The number of benzene rings is 4. The number of aliphatic hydroxyl groups excluding tert-OH is 3. The summed E-state index contributed by atoms with van der Waals surface area (Å²) in [7, 11) is 5.01. The fourth-order valence-electron chi connectivity index (χ4n) is 14.4. The molecule has 3 saturated carbocycles. The minimum atomic E-state index is -0.705. The molecule has 0 bridgehead atoms. The zero-order valence-corrected chi connectivity index (χ0v) is 47.5. The largest absolute Gasteiger partial charge is 0.497 e. The standard InChI is InChI=1S/C67H75N5O9/c1-37-21-49-34-70(65(76)53(49)29-45(37)22-40-11-16-50(79-4)17-12-40)59-32-43(14-18-62(59)74)48-25-42(26-51(28-48)80-5)24-47-31-55-57(69-39(47)3)36-72(67(55)78)60-33-44(15-19-63(60)75)52-27-41(13-20-64(52)81-6)23-46-30-54-56(68-38(46)2)35-71(66(54)77)58-9-7-8-10-61(58)73/h11-13,16-17,20-21,25-31,43-44,58-63,73-75H,7-10,14-15,18-19,22-24,32-36H2,1-6H3/t43?,44?,58-,59-,60-,61-,62-,63-/m0/s1. The van der Waals surface area contributed by atoms with Crippen LogP contribution in [-0.4, -0.2) is 115 Å². The van der Waals surface area contributed by atoms with Crippen LogP contribution in [0.2, 0.25) is 0 Å². The van der Waals surface area contributed by atoms with Crippen molar-refractivity contribution in [3.63, 3.8) is 0 Å². The summed E-state index contributed by atoms with van der Waals surface area (Å²) in [5.74, 6) is 2.16. The van der Waals surface area contributed by atoms with Crippen LogP contribution in [0.1, 0.15) is 186 Å². The van der Waals surface area contributed by atoms with Crippen molar-refractivity contribution in [2.45, 2.75) is 172 Å². The average molecular weight is 1090 g/mol. The second-order valence-electron chi connectivity index (χ2n) is 24.0. The van der Waals surface area contributed by atoms with E-state index in [4.69, 9.17) is 24.2 Å². The SMILES string of the molecule is COc1ccc(Cc2cc3c(cc2C)CN([C@H]2CC(c4cc(Cc5cc6c(nc5C)CN([C@H]5CC(c7cc(Cc8cc9c(nc8C)CN([C@H]8CCCC[C@@H]8O)C9=O)ccc7OC)CC[C@@H]5O)C6=O)cc(OC)c4)CC[C@@H]2O)C3=O)cc1. The molecule has 3 amide bonds. The molecule has 0 saturated heterocycles. The van der Waals surface area contributed by atoms with E-state index in [-0.39, 0.29) is 41.6 Å². The van der Waals surface area contributed by atoms with Crippen molar-refractivity contribution in [1.82, 2.24) is 24.7 Å². The van der Waals surface area contributed by atoms with Gasteiger partial charge in [0.15, 0.2) is 0 Å². The zero-order chi connectivity index (χ0) is 56.4. The van der Waals surface area contributed by atoms with E-state index < -0.39 is 24.4 Å². The Balaban J connectivity index is 0.726. The predicted octanol–water partition coefficient (Wildman–Crippen LogP) is 9.77. The van der Waals surface area contributed by atoms with Gasteiger partial charge in [-0.1, -0.05) is 49.2 Å². The van der Waals surface area contributed by atoms with Crippen LogP contribution in [-0.2, 0) is 38.9 Å². The van der Waals surface area contributed by atoms with Gasteiger partial charge in [0.1, 0.15) is 17.2 Å². The minimum Gasteiger partial charge on any atom is -0.497 e. The van der Waals surface area contributed by atoms with Gasteiger partial charge in [0, 0.05) is 23.5 Å². The Labute approximate surface area is 475 Å². The Bertz CT molecular complexity index is 3430. The first kappa shape index (κ1) is 54.5. The summed E-state index contributed by atoms with van der Waals surface area (Å²) in [5, 5.41) is 34.0. The van der Waals surface area contributed by atoms with Gasteiger partial charge in [-0.05, 0) is 207 Å². The Morgan fingerprint density at radius 2 is 1.04 bits per heavy atom. The highest BCUT2D eigenvalue weighted by molar-refractivity contribution is 6.00. The number of ether oxygens (including phenoxy) is 3. The number of carbonyl (C=O) groups is 3. The molecule has 6 aliphatic rings. The van der Waals surface area contributed by atoms with Crippen LogP contribution in [0.5, 0.6) is 17.2 Å². The number of pyridine rings is 2. The van der Waals surface area contributed by atoms with E-state index >= 15 is 0 Å². The maximum atomic E-state index is 14.6. The molecule has 2 unspecified atom stereocenters. The Morgan fingerprint density at radius 1 is 0.494 bits per heavy atom. The topological polar surface area (TPSA) is 175 Å². The van der Waals surface area contributed by atoms with Crippen LogP contribution in [0.15, 0.2) is 84.9 Å². The smallest absolute Gasteiger partial charge is 0.256 e. The minimum absolute atomic E-state index is 0.0113. The lowest BCUT2D eigenvalue weighted by Gasteiger charge is -2.39. The van der Waals surface area contributed by atoms with Crippen molar-refractivity contribution in [1.29, 1.82) is 0 Å². The summed E-state index contributed by atoms with van der Waals surface area (Å²) in [6, 6.07) is 27.8. The fourth-order valence-corrected chi connectivity index (χ4v) is 14.4. The fraction of sp³-hybridized carbons (Fsp3) is 0.448. The van der Waals surface area contributed by atoms with Gasteiger partial charge in [-0.2, -0.15) is 0 Å². The molecule has 3 N–H and O–H groups in total. The van der Waals surface area contributed by atoms with E-state index in [1.165, 1.54) is 0 Å². The van der Waals surface area contributed by atoms with Gasteiger partial charge in [-0.3, -0.25) is 24.4 Å². The highest BCUT2D eigenvalue weighted by Gasteiger charge is 2.44. The lowest BCUT2D eigenvalue weighted by molar-refractivity contribution is 0.0141. The number of methoxy groups -OCH3 is 3. The van der Waals surface area contributed by atoms with Crippen LogP contribution < -0.4 is 14.2 Å². The van der Waals surface area contributed by atoms with E-state index in [0.29, 0.717) is 93.4 Å². The molecule has 14 heteroatoms. The Morgan fingerprint density at radius 3 is 1.68 bits per heavy atom. The Hall–Kier alpha value is -7.13. The number of aryl methyl sites for hydroxylation is 3. The van der Waals surface area contributed by atoms with E-state index in [1.54, 1.807) is 21.3 Å². The number of hydrogen-bond donors (Lipinski definition) is 3. The van der Waals surface area contributed by atoms with Crippen molar-refractivity contribution in [3.8, 4) is 17.2 Å². The molecule has 8 atom stereocenters. The number of hydrogen-bond acceptors (Lipinski definition) is 11. The van der Waals surface area contributed by atoms with Gasteiger partial charge in [-0.25, -0.2) is 0 Å². The third-order valence-corrected chi connectivity index (χ3v) is 19.0. The first-order chi connectivity index (χ1) is 39.1. The first-order valence-corrected chi connectivity index (χ1v) is 29.2. The second-order valence-corrected chi connectivity index (χ2v) is 24.0. The molecular weight excluding hydrogens is 1020 g/mol. The van der Waals surface area contributed by atoms with Crippen molar-refractivity contribution >= 4 is 17.7 Å². The molecule has 14 nitrogen and oxygen atoms in total. The number of aliphatic hydroxyl groups is 3. The molecule has 0 radical (unpaired) electrons. The first-order valence-electron chi connectivity index (χ1n) is 29.2. The summed E-state index contributed by atoms with van der Waals surface area (Å²) >= 11 is 0. The summed E-state index contributed by atoms with van der Waals surface area (Å²) in [6.07, 6.45) is 7.19. The summed E-state index contributed by atoms with van der Waals surface area (Å²) in [4.78, 5) is 58.2. The van der Waals surface area contributed by atoms with Gasteiger partial charge < -0.3 is 44.2 Å². The third kappa shape index (κ3) is 10.5. The molecule has 6 aromatic rings. The molecule has 3 fully saturated rings. The molecule has 2 aromatic heterocycles. The van der Waals surface area contributed by atoms with Gasteiger partial charge in [0.2, 0.25) is 0 Å². The van der Waals surface area contributed by atoms with Gasteiger partial charge in [-0.15, -0.1) is 0 Å². The number of aromatic nitrogens is 2. The quantitative estimate of drug-likeness (QED) is 0.0947. The molecule has 3 aliphatic heterocycles. The van der Waals surface area contributed by atoms with Gasteiger partial charge in [0.25, 0.3) is 17.7 Å². The summed E-state index contributed by atoms with van der Waals surface area (Å²) in [6.45, 7) is 7.30. The summed E-state index contributed by atoms with van der Waals surface area (Å²) in [5.41, 5.74) is 15.6. The Kier molecular flexibility index (Phi) is 15.0. The maximum Gasteiger partial charge on any atom is 0.256 e. The highest BCUT2D eigenvalue weighted by atomic mass is 16.5. The molecule has 4 aromatic carbocycles. The van der Waals surface area contributed by atoms with Crippen molar-refractivity contribution < 1.29 is 43.9 Å². The molecule has 422 valence electrons. The lowest BCUT2D eigenvalue weighted by Crippen LogP contribution is -2.47. The van der Waals surface area contributed by atoms with E-state index in [1.807, 2.05) is 71.0 Å². The molecule has 3 aliphatic carbocycles. The lowest BCUT2D eigenvalue weighted by atomic mass is 9.78. The number of nitrogens with zero attached hydrogens (tertiary/aromatic N) is 5. The molecule has 5 heterocycles.